The highest BCUT2D eigenvalue weighted by atomic mass is 33.1. The Morgan fingerprint density at radius 2 is 0.857 bits per heavy atom. The van der Waals surface area contributed by atoms with E-state index in [4.69, 9.17) is 0 Å². The molecule has 0 N–H and O–H groups in total. The zero-order valence-corrected chi connectivity index (χ0v) is 20.7. The predicted molar refractivity (Wildman–Crippen MR) is 151 cm³/mol. The molecule has 0 saturated carbocycles. The lowest BCUT2D eigenvalue weighted by atomic mass is 10.6. The molecule has 1 unspecified atom stereocenters. The van der Waals surface area contributed by atoms with Gasteiger partial charge < -0.3 is 13.7 Å². The molecule has 0 radical (unpaired) electrons. The molecule has 0 spiro atoms. The Balaban J connectivity index is -0.0000000134. The van der Waals surface area contributed by atoms with Crippen molar-refractivity contribution in [1.29, 1.82) is 0 Å². The minimum Gasteiger partial charge on any atom is -0.388 e. The fourth-order valence-corrected chi connectivity index (χ4v) is 0. The van der Waals surface area contributed by atoms with Crippen molar-refractivity contribution in [2.75, 3.05) is 66.0 Å². The van der Waals surface area contributed by atoms with Crippen molar-refractivity contribution in [2.24, 2.45) is 0 Å². The topological polar surface area (TPSA) is 61.8 Å². The zero-order chi connectivity index (χ0) is 20.1. The third-order valence-electron chi connectivity index (χ3n) is 0.568. The maximum Gasteiger partial charge on any atom is 0.151 e. The fraction of sp³-hybridized carbons (Fsp3) is 0.944. The number of carbonyl (C=O) groups excluding carboxylic acids is 1. The number of Topliss-reactive ketones (excluding diaryl/α,β-unsaturated/α-hetero) is 1. The first-order valence-electron chi connectivity index (χ1n) is 5.95. The second-order valence-corrected chi connectivity index (χ2v) is 8.25. The lowest BCUT2D eigenvalue weighted by molar-refractivity contribution is -0.114. The first-order chi connectivity index (χ1) is 10.7. The quantitative estimate of drug-likeness (QED) is 0.283. The monoisotopic (exact) mass is 512 g/mol. The van der Waals surface area contributed by atoms with E-state index in [1.807, 2.05) is 18.8 Å². The van der Waals surface area contributed by atoms with Crippen molar-refractivity contribution < 1.29 is 22.1 Å². The van der Waals surface area contributed by atoms with Crippen LogP contribution in [-0.2, 0) is 29.0 Å². The molecule has 10 heteroatoms. The third kappa shape index (κ3) is 710. The van der Waals surface area contributed by atoms with Crippen molar-refractivity contribution in [3.05, 3.63) is 0 Å². The summed E-state index contributed by atoms with van der Waals surface area (Å²) >= 11 is 2.03. The second kappa shape index (κ2) is 104. The molecular formula is C18H56O5S5. The van der Waals surface area contributed by atoms with Gasteiger partial charge in [0.15, 0.2) is 11.1 Å². The molecule has 0 aliphatic carbocycles. The number of hydrogen-bond acceptors (Lipinski definition) is 9. The minimum absolute atomic E-state index is 0. The standard InChI is InChI=1S/C3H6O.C2H6O2S.C2H6OS.C2H6O.C2H6S2.C2H6S.5CH4/c1-3(2)4;1-4-5(2)3;1-3-4-2;1-3-2;1-3-4-2;1-3-2;;;;;/h1-2H3;1-2H3;1-2H3;1-2H3;1-2H3;1-2H3;5*1H4. The molecule has 5 nitrogen and oxygen atoms in total. The van der Waals surface area contributed by atoms with E-state index < -0.39 is 11.1 Å². The maximum absolute atomic E-state index is 9.70. The van der Waals surface area contributed by atoms with Crippen LogP contribution in [0.3, 0.4) is 0 Å². The van der Waals surface area contributed by atoms with Crippen molar-refractivity contribution in [1.82, 2.24) is 0 Å². The molecular weight excluding hydrogens is 457 g/mol. The highest BCUT2D eigenvalue weighted by Gasteiger charge is 1.72. The number of hydrogen-bond donors (Lipinski definition) is 0. The van der Waals surface area contributed by atoms with E-state index in [9.17, 15) is 9.00 Å². The number of ether oxygens (including phenoxy) is 1. The molecule has 0 aromatic rings. The first kappa shape index (κ1) is 70.1. The maximum atomic E-state index is 9.70. The van der Waals surface area contributed by atoms with Gasteiger partial charge in [0.2, 0.25) is 0 Å². The molecule has 0 saturated heterocycles. The summed E-state index contributed by atoms with van der Waals surface area (Å²) in [7, 11) is 9.84. The second-order valence-electron chi connectivity index (χ2n) is 2.96. The van der Waals surface area contributed by atoms with Crippen molar-refractivity contribution in [2.45, 2.75) is 51.0 Å². The SMILES string of the molecule is C.C.C.C.C.CC(C)=O.COC.COS(C)=O.COSC.CSC.CSSC. The van der Waals surface area contributed by atoms with Crippen molar-refractivity contribution in [3.63, 3.8) is 0 Å². The van der Waals surface area contributed by atoms with Gasteiger partial charge in [-0.1, -0.05) is 58.7 Å². The number of ketones is 1. The van der Waals surface area contributed by atoms with E-state index in [0.29, 0.717) is 0 Å². The fourth-order valence-electron chi connectivity index (χ4n) is 0. The first-order valence-corrected chi connectivity index (χ1v) is 13.2. The van der Waals surface area contributed by atoms with Gasteiger partial charge in [0.05, 0.1) is 14.2 Å². The van der Waals surface area contributed by atoms with Gasteiger partial charge in [-0.25, -0.2) is 4.21 Å². The van der Waals surface area contributed by atoms with E-state index in [1.54, 1.807) is 54.7 Å². The minimum atomic E-state index is -1.07. The molecule has 28 heavy (non-hydrogen) atoms. The molecule has 0 amide bonds. The molecule has 0 bridgehead atoms. The summed E-state index contributed by atoms with van der Waals surface area (Å²) in [5.41, 5.74) is 0. The normalized spacial score (nSPS) is 7.00. The molecule has 0 aromatic heterocycles. The lowest BCUT2D eigenvalue weighted by Crippen LogP contribution is -1.83. The van der Waals surface area contributed by atoms with Crippen LogP contribution >= 0.6 is 45.4 Å². The average molecular weight is 513 g/mol. The highest BCUT2D eigenvalue weighted by Crippen LogP contribution is 2.09. The molecule has 1 atom stereocenters. The Kier molecular flexibility index (Phi) is 260. The summed E-state index contributed by atoms with van der Waals surface area (Å²) in [5, 5.41) is 0. The zero-order valence-electron chi connectivity index (χ0n) is 16.6. The number of thioether (sulfide) groups is 1. The predicted octanol–water partition coefficient (Wildman–Crippen LogP) is 7.48. The molecule has 0 heterocycles. The Bertz CT molecular complexity index is 176. The Labute approximate surface area is 200 Å². The lowest BCUT2D eigenvalue weighted by Gasteiger charge is -1.78. The van der Waals surface area contributed by atoms with Crippen LogP contribution < -0.4 is 0 Å². The third-order valence-corrected chi connectivity index (χ3v) is 2.70. The van der Waals surface area contributed by atoms with Crippen LogP contribution in [0.25, 0.3) is 0 Å². The van der Waals surface area contributed by atoms with Crippen LogP contribution in [0.4, 0.5) is 0 Å². The number of carbonyl (C=O) groups is 1. The molecule has 0 aliphatic rings. The van der Waals surface area contributed by atoms with Crippen molar-refractivity contribution in [3.8, 4) is 0 Å². The van der Waals surface area contributed by atoms with Gasteiger partial charge in [-0.15, -0.1) is 0 Å². The molecule has 0 aliphatic heterocycles. The van der Waals surface area contributed by atoms with Crippen LogP contribution in [0, 0.1) is 0 Å². The molecule has 0 rings (SSSR count). The van der Waals surface area contributed by atoms with Crippen LogP contribution in [0.15, 0.2) is 0 Å². The van der Waals surface area contributed by atoms with E-state index in [0.717, 1.165) is 0 Å². The van der Waals surface area contributed by atoms with Gasteiger partial charge in [0.1, 0.15) is 5.78 Å². The number of rotatable bonds is 3. The van der Waals surface area contributed by atoms with Crippen LogP contribution in [0.1, 0.15) is 51.0 Å². The molecule has 188 valence electrons. The van der Waals surface area contributed by atoms with Gasteiger partial charge in [-0.2, -0.15) is 11.8 Å². The van der Waals surface area contributed by atoms with E-state index in [-0.39, 0.29) is 42.9 Å². The van der Waals surface area contributed by atoms with Crippen LogP contribution in [0.5, 0.6) is 0 Å². The average Bonchev–Trinajstić information content (AvgIpc) is 2.48. The Morgan fingerprint density at radius 1 is 0.750 bits per heavy atom. The van der Waals surface area contributed by atoms with Gasteiger partial charge in [0.25, 0.3) is 0 Å². The Morgan fingerprint density at radius 3 is 0.857 bits per heavy atom. The summed E-state index contributed by atoms with van der Waals surface area (Å²) in [4.78, 5) is 9.44. The van der Waals surface area contributed by atoms with E-state index in [1.165, 1.54) is 39.3 Å². The highest BCUT2D eigenvalue weighted by molar-refractivity contribution is 8.76. The Hall–Kier alpha value is 1.10. The summed E-state index contributed by atoms with van der Waals surface area (Å²) < 4.78 is 22.6. The van der Waals surface area contributed by atoms with Crippen LogP contribution in [0.2, 0.25) is 0 Å². The van der Waals surface area contributed by atoms with Crippen molar-refractivity contribution >= 4 is 62.3 Å². The van der Waals surface area contributed by atoms with Crippen LogP contribution in [-0.4, -0.2) is 76.0 Å². The van der Waals surface area contributed by atoms with Gasteiger partial charge in [-0.3, -0.25) is 4.18 Å². The van der Waals surface area contributed by atoms with E-state index >= 15 is 0 Å². The summed E-state index contributed by atoms with van der Waals surface area (Å²) in [6.07, 6.45) is 11.6. The van der Waals surface area contributed by atoms with Gasteiger partial charge in [0, 0.05) is 26.7 Å². The largest absolute Gasteiger partial charge is 0.388 e. The van der Waals surface area contributed by atoms with E-state index in [2.05, 4.69) is 25.6 Å². The summed E-state index contributed by atoms with van der Waals surface area (Å²) in [6, 6.07) is 0. The summed E-state index contributed by atoms with van der Waals surface area (Å²) in [6.45, 7) is 3.06. The van der Waals surface area contributed by atoms with Gasteiger partial charge >= 0.3 is 0 Å². The van der Waals surface area contributed by atoms with Gasteiger partial charge in [-0.05, 0) is 50.9 Å². The molecule has 0 aromatic carbocycles. The smallest absolute Gasteiger partial charge is 0.151 e. The molecule has 0 fully saturated rings. The number of methoxy groups -OCH3 is 1. The summed E-state index contributed by atoms with van der Waals surface area (Å²) in [5.74, 6) is 0.167.